The smallest absolute Gasteiger partial charge is 0.269 e. The van der Waals surface area contributed by atoms with Crippen LogP contribution in [0.3, 0.4) is 0 Å². The highest BCUT2D eigenvalue weighted by atomic mass is 16.6. The second-order valence-electron chi connectivity index (χ2n) is 6.70. The predicted octanol–water partition coefficient (Wildman–Crippen LogP) is 3.64. The molecule has 4 rings (SSSR count). The Morgan fingerprint density at radius 2 is 1.75 bits per heavy atom. The second-order valence-corrected chi connectivity index (χ2v) is 6.70. The van der Waals surface area contributed by atoms with E-state index in [1.807, 2.05) is 12.1 Å². The van der Waals surface area contributed by atoms with Crippen LogP contribution in [0.5, 0.6) is 5.75 Å². The lowest BCUT2D eigenvalue weighted by Crippen LogP contribution is -2.17. The van der Waals surface area contributed by atoms with Gasteiger partial charge in [-0.15, -0.1) is 0 Å². The van der Waals surface area contributed by atoms with E-state index in [9.17, 15) is 14.9 Å². The molecule has 0 radical (unpaired) electrons. The number of non-ortho nitro benzene ring substituents is 1. The highest BCUT2D eigenvalue weighted by molar-refractivity contribution is 5.33. The molecule has 1 aromatic heterocycles. The first kappa shape index (κ1) is 17.9. The molecule has 7 heteroatoms. The molecule has 142 valence electrons. The fourth-order valence-electron chi connectivity index (χ4n) is 3.24. The standard InChI is InChI=1S/C21H18N2O5/c24-20-9-19(12-22-10-16-3-1-2-4-17(16)11-22)27-14-21(20)28-13-15-5-7-18(8-6-15)23(25)26/h1-9,14H,10-13H2. The monoisotopic (exact) mass is 378 g/mol. The van der Waals surface area contributed by atoms with E-state index in [-0.39, 0.29) is 23.5 Å². The van der Waals surface area contributed by atoms with E-state index >= 15 is 0 Å². The Morgan fingerprint density at radius 1 is 1.07 bits per heavy atom. The van der Waals surface area contributed by atoms with Crippen molar-refractivity contribution in [2.45, 2.75) is 26.2 Å². The van der Waals surface area contributed by atoms with Gasteiger partial charge < -0.3 is 9.15 Å². The number of ether oxygens (including phenoxy) is 1. The average molecular weight is 378 g/mol. The van der Waals surface area contributed by atoms with Gasteiger partial charge in [-0.25, -0.2) is 0 Å². The van der Waals surface area contributed by atoms with Crippen molar-refractivity contribution >= 4 is 5.69 Å². The van der Waals surface area contributed by atoms with Crippen molar-refractivity contribution in [2.24, 2.45) is 0 Å². The summed E-state index contributed by atoms with van der Waals surface area (Å²) in [5.41, 5.74) is 3.08. The van der Waals surface area contributed by atoms with Gasteiger partial charge in [-0.05, 0) is 28.8 Å². The minimum absolute atomic E-state index is 0.0108. The average Bonchev–Trinajstić information content (AvgIpc) is 3.10. The first-order chi connectivity index (χ1) is 13.6. The van der Waals surface area contributed by atoms with Crippen LogP contribution in [0.2, 0.25) is 0 Å². The first-order valence-electron chi connectivity index (χ1n) is 8.85. The van der Waals surface area contributed by atoms with Gasteiger partial charge in [0.05, 0.1) is 11.5 Å². The Labute approximate surface area is 160 Å². The molecule has 2 heterocycles. The molecular formula is C21H18N2O5. The lowest BCUT2D eigenvalue weighted by molar-refractivity contribution is -0.384. The van der Waals surface area contributed by atoms with Crippen LogP contribution in [0, 0.1) is 10.1 Å². The van der Waals surface area contributed by atoms with Crippen LogP contribution < -0.4 is 10.2 Å². The summed E-state index contributed by atoms with van der Waals surface area (Å²) in [5, 5.41) is 10.7. The Bertz CT molecular complexity index is 1030. The third kappa shape index (κ3) is 3.94. The van der Waals surface area contributed by atoms with Gasteiger partial charge in [0, 0.05) is 31.3 Å². The minimum Gasteiger partial charge on any atom is -0.482 e. The fourth-order valence-corrected chi connectivity index (χ4v) is 3.24. The summed E-state index contributed by atoms with van der Waals surface area (Å²) in [6.45, 7) is 2.34. The predicted molar refractivity (Wildman–Crippen MR) is 102 cm³/mol. The zero-order valence-electron chi connectivity index (χ0n) is 15.0. The van der Waals surface area contributed by atoms with Crippen LogP contribution in [0.4, 0.5) is 5.69 Å². The highest BCUT2D eigenvalue weighted by Gasteiger charge is 2.19. The number of nitro benzene ring substituents is 1. The molecule has 7 nitrogen and oxygen atoms in total. The quantitative estimate of drug-likeness (QED) is 0.481. The topological polar surface area (TPSA) is 85.8 Å². The molecule has 0 saturated carbocycles. The van der Waals surface area contributed by atoms with Crippen molar-refractivity contribution in [3.8, 4) is 5.75 Å². The molecule has 0 N–H and O–H groups in total. The Balaban J connectivity index is 1.37. The van der Waals surface area contributed by atoms with Gasteiger partial charge in [0.15, 0.2) is 0 Å². The third-order valence-corrected chi connectivity index (χ3v) is 4.68. The van der Waals surface area contributed by atoms with Gasteiger partial charge >= 0.3 is 0 Å². The van der Waals surface area contributed by atoms with Crippen LogP contribution in [-0.4, -0.2) is 9.82 Å². The number of hydrogen-bond acceptors (Lipinski definition) is 6. The van der Waals surface area contributed by atoms with E-state index in [2.05, 4.69) is 17.0 Å². The number of fused-ring (bicyclic) bond motifs is 1. The SMILES string of the molecule is O=c1cc(CN2Cc3ccccc3C2)occ1OCc1ccc([N+](=O)[O-])cc1. The summed E-state index contributed by atoms with van der Waals surface area (Å²) in [5.74, 6) is 0.701. The van der Waals surface area contributed by atoms with Crippen LogP contribution in [0.15, 0.2) is 70.1 Å². The van der Waals surface area contributed by atoms with Crippen molar-refractivity contribution < 1.29 is 14.1 Å². The molecule has 2 aromatic carbocycles. The Kier molecular flexibility index (Phi) is 4.90. The summed E-state index contributed by atoms with van der Waals surface area (Å²) in [6, 6.07) is 15.7. The molecule has 0 atom stereocenters. The summed E-state index contributed by atoms with van der Waals surface area (Å²) in [6.07, 6.45) is 1.33. The lowest BCUT2D eigenvalue weighted by atomic mass is 10.1. The normalized spacial score (nSPS) is 13.3. The van der Waals surface area contributed by atoms with Crippen LogP contribution in [-0.2, 0) is 26.2 Å². The van der Waals surface area contributed by atoms with Crippen molar-refractivity contribution in [3.63, 3.8) is 0 Å². The first-order valence-corrected chi connectivity index (χ1v) is 8.85. The second kappa shape index (κ2) is 7.66. The highest BCUT2D eigenvalue weighted by Crippen LogP contribution is 2.24. The maximum absolute atomic E-state index is 12.3. The maximum Gasteiger partial charge on any atom is 0.269 e. The van der Waals surface area contributed by atoms with Crippen molar-refractivity contribution in [3.05, 3.63) is 104 Å². The largest absolute Gasteiger partial charge is 0.482 e. The molecule has 0 saturated heterocycles. The molecule has 0 amide bonds. The molecule has 0 spiro atoms. The number of benzene rings is 2. The van der Waals surface area contributed by atoms with Gasteiger partial charge in [-0.1, -0.05) is 24.3 Å². The summed E-state index contributed by atoms with van der Waals surface area (Å²) in [4.78, 5) is 24.7. The molecule has 0 unspecified atom stereocenters. The molecule has 1 aliphatic rings. The molecule has 3 aromatic rings. The van der Waals surface area contributed by atoms with Crippen LogP contribution >= 0.6 is 0 Å². The van der Waals surface area contributed by atoms with Crippen LogP contribution in [0.1, 0.15) is 22.5 Å². The molecule has 0 bridgehead atoms. The Morgan fingerprint density at radius 3 is 2.36 bits per heavy atom. The van der Waals surface area contributed by atoms with E-state index in [1.165, 1.54) is 35.6 Å². The number of nitrogens with zero attached hydrogens (tertiary/aromatic N) is 2. The van der Waals surface area contributed by atoms with Gasteiger partial charge in [-0.3, -0.25) is 19.8 Å². The van der Waals surface area contributed by atoms with Gasteiger partial charge in [-0.2, -0.15) is 0 Å². The summed E-state index contributed by atoms with van der Waals surface area (Å²) in [7, 11) is 0. The number of nitro groups is 1. The van der Waals surface area contributed by atoms with E-state index in [0.717, 1.165) is 18.7 Å². The lowest BCUT2D eigenvalue weighted by Gasteiger charge is -2.14. The third-order valence-electron chi connectivity index (χ3n) is 4.68. The van der Waals surface area contributed by atoms with E-state index in [4.69, 9.17) is 9.15 Å². The molecule has 0 fully saturated rings. The maximum atomic E-state index is 12.3. The summed E-state index contributed by atoms with van der Waals surface area (Å²) < 4.78 is 11.1. The van der Waals surface area contributed by atoms with E-state index < -0.39 is 4.92 Å². The number of hydrogen-bond donors (Lipinski definition) is 0. The van der Waals surface area contributed by atoms with E-state index in [1.54, 1.807) is 12.1 Å². The number of rotatable bonds is 6. The molecule has 0 aliphatic carbocycles. The van der Waals surface area contributed by atoms with Gasteiger partial charge in [0.25, 0.3) is 5.69 Å². The van der Waals surface area contributed by atoms with Crippen molar-refractivity contribution in [1.82, 2.24) is 4.90 Å². The Hall–Kier alpha value is -3.45. The van der Waals surface area contributed by atoms with Crippen molar-refractivity contribution in [1.29, 1.82) is 0 Å². The van der Waals surface area contributed by atoms with Crippen molar-refractivity contribution in [2.75, 3.05) is 0 Å². The van der Waals surface area contributed by atoms with E-state index in [0.29, 0.717) is 12.3 Å². The minimum atomic E-state index is -0.461. The molecule has 1 aliphatic heterocycles. The summed E-state index contributed by atoms with van der Waals surface area (Å²) >= 11 is 0. The van der Waals surface area contributed by atoms with Gasteiger partial charge in [0.2, 0.25) is 11.2 Å². The molecular weight excluding hydrogens is 360 g/mol. The molecule has 28 heavy (non-hydrogen) atoms. The van der Waals surface area contributed by atoms with Crippen LogP contribution in [0.25, 0.3) is 0 Å². The van der Waals surface area contributed by atoms with Gasteiger partial charge in [0.1, 0.15) is 18.6 Å². The zero-order valence-corrected chi connectivity index (χ0v) is 15.0. The fraction of sp³-hybridized carbons (Fsp3) is 0.190. The zero-order chi connectivity index (χ0) is 19.5.